The maximum Gasteiger partial charge on any atom is 0.324 e. The van der Waals surface area contributed by atoms with Gasteiger partial charge in [-0.1, -0.05) is 6.92 Å². The van der Waals surface area contributed by atoms with Gasteiger partial charge >= 0.3 is 12.0 Å². The maximum absolute atomic E-state index is 8.60. The standard InChI is InChI=1S/C8H15N5O3/c1-2-4-15-7-10-6(13-9)11-8(12-7)16-5-3-14/h14H,2-5,9H2,1H3,(H,10,11,12,13). The lowest BCUT2D eigenvalue weighted by molar-refractivity contribution is 0.188. The lowest BCUT2D eigenvalue weighted by atomic mass is 10.5. The van der Waals surface area contributed by atoms with Gasteiger partial charge < -0.3 is 14.6 Å². The topological polar surface area (TPSA) is 115 Å². The predicted molar refractivity (Wildman–Crippen MR) is 56.0 cm³/mol. The average Bonchev–Trinajstić information content (AvgIpc) is 2.33. The molecule has 90 valence electrons. The summed E-state index contributed by atoms with van der Waals surface area (Å²) in [6.45, 7) is 2.43. The smallest absolute Gasteiger partial charge is 0.324 e. The van der Waals surface area contributed by atoms with Crippen LogP contribution in [0, 0.1) is 0 Å². The first-order valence-electron chi connectivity index (χ1n) is 4.89. The van der Waals surface area contributed by atoms with Crippen LogP contribution in [0.2, 0.25) is 0 Å². The Kier molecular flexibility index (Phi) is 5.23. The van der Waals surface area contributed by atoms with Crippen LogP contribution in [0.3, 0.4) is 0 Å². The van der Waals surface area contributed by atoms with Gasteiger partial charge in [0.05, 0.1) is 13.2 Å². The number of nitrogen functional groups attached to an aromatic ring is 1. The van der Waals surface area contributed by atoms with Crippen LogP contribution < -0.4 is 20.7 Å². The fraction of sp³-hybridized carbons (Fsp3) is 0.625. The molecule has 0 bridgehead atoms. The van der Waals surface area contributed by atoms with Crippen LogP contribution in [0.1, 0.15) is 13.3 Å². The normalized spacial score (nSPS) is 9.94. The van der Waals surface area contributed by atoms with Crippen molar-refractivity contribution in [3.05, 3.63) is 0 Å². The second-order valence-corrected chi connectivity index (χ2v) is 2.79. The first-order chi connectivity index (χ1) is 7.80. The number of aliphatic hydroxyl groups excluding tert-OH is 1. The van der Waals surface area contributed by atoms with Crippen molar-refractivity contribution in [2.75, 3.05) is 25.2 Å². The summed E-state index contributed by atoms with van der Waals surface area (Å²) < 4.78 is 10.2. The fourth-order valence-electron chi connectivity index (χ4n) is 0.862. The van der Waals surface area contributed by atoms with Crippen LogP contribution in [0.4, 0.5) is 5.95 Å². The highest BCUT2D eigenvalue weighted by molar-refractivity contribution is 5.25. The Morgan fingerprint density at radius 3 is 2.31 bits per heavy atom. The molecule has 0 atom stereocenters. The first-order valence-corrected chi connectivity index (χ1v) is 4.89. The number of anilines is 1. The van der Waals surface area contributed by atoms with Crippen molar-refractivity contribution < 1.29 is 14.6 Å². The number of nitrogens with one attached hydrogen (secondary N) is 1. The van der Waals surface area contributed by atoms with Gasteiger partial charge in [0.2, 0.25) is 5.95 Å². The number of hydrazine groups is 1. The number of rotatable bonds is 7. The monoisotopic (exact) mass is 229 g/mol. The molecule has 1 rings (SSSR count). The molecule has 1 aromatic heterocycles. The van der Waals surface area contributed by atoms with Gasteiger partial charge in [0.15, 0.2) is 0 Å². The van der Waals surface area contributed by atoms with Gasteiger partial charge in [-0.3, -0.25) is 5.43 Å². The molecule has 0 aliphatic rings. The highest BCUT2D eigenvalue weighted by atomic mass is 16.5. The minimum atomic E-state index is -0.123. The number of aromatic nitrogens is 3. The maximum atomic E-state index is 8.60. The van der Waals surface area contributed by atoms with Crippen molar-refractivity contribution in [1.82, 2.24) is 15.0 Å². The molecule has 0 fully saturated rings. The van der Waals surface area contributed by atoms with Gasteiger partial charge in [0.25, 0.3) is 0 Å². The molecule has 8 nitrogen and oxygen atoms in total. The zero-order valence-electron chi connectivity index (χ0n) is 9.01. The van der Waals surface area contributed by atoms with Crippen LogP contribution in [0.5, 0.6) is 12.0 Å². The van der Waals surface area contributed by atoms with Crippen molar-refractivity contribution in [1.29, 1.82) is 0 Å². The molecule has 0 aliphatic carbocycles. The third-order valence-electron chi connectivity index (χ3n) is 1.48. The van der Waals surface area contributed by atoms with E-state index in [1.54, 1.807) is 0 Å². The number of aliphatic hydroxyl groups is 1. The van der Waals surface area contributed by atoms with Crippen molar-refractivity contribution in [3.63, 3.8) is 0 Å². The van der Waals surface area contributed by atoms with Crippen LogP contribution in [0.25, 0.3) is 0 Å². The Hall–Kier alpha value is -1.67. The zero-order valence-corrected chi connectivity index (χ0v) is 9.01. The van der Waals surface area contributed by atoms with E-state index in [0.29, 0.717) is 6.61 Å². The second kappa shape index (κ2) is 6.75. The van der Waals surface area contributed by atoms with Gasteiger partial charge in [0, 0.05) is 0 Å². The van der Waals surface area contributed by atoms with E-state index in [4.69, 9.17) is 20.4 Å². The van der Waals surface area contributed by atoms with Gasteiger partial charge in [-0.2, -0.15) is 9.97 Å². The number of nitrogens with zero attached hydrogens (tertiary/aromatic N) is 3. The number of hydrogen-bond acceptors (Lipinski definition) is 8. The SMILES string of the molecule is CCCOc1nc(NN)nc(OCCO)n1. The molecule has 0 unspecified atom stereocenters. The summed E-state index contributed by atoms with van der Waals surface area (Å²) in [6, 6.07) is 0.195. The molecule has 0 radical (unpaired) electrons. The van der Waals surface area contributed by atoms with Crippen molar-refractivity contribution >= 4 is 5.95 Å². The molecule has 0 aliphatic heterocycles. The van der Waals surface area contributed by atoms with Gasteiger partial charge in [-0.05, 0) is 6.42 Å². The summed E-state index contributed by atoms with van der Waals surface area (Å²) in [5.74, 6) is 5.33. The summed E-state index contributed by atoms with van der Waals surface area (Å²) in [7, 11) is 0. The molecule has 0 aromatic carbocycles. The fourth-order valence-corrected chi connectivity index (χ4v) is 0.862. The number of hydrogen-bond donors (Lipinski definition) is 3. The summed E-state index contributed by atoms with van der Waals surface area (Å²) in [6.07, 6.45) is 0.837. The van der Waals surface area contributed by atoms with E-state index < -0.39 is 0 Å². The van der Waals surface area contributed by atoms with Crippen LogP contribution in [-0.4, -0.2) is 39.9 Å². The summed E-state index contributed by atoms with van der Waals surface area (Å²) in [5.41, 5.74) is 2.28. The molecule has 16 heavy (non-hydrogen) atoms. The van der Waals surface area contributed by atoms with E-state index >= 15 is 0 Å². The molecular weight excluding hydrogens is 214 g/mol. The van der Waals surface area contributed by atoms with Gasteiger partial charge in [-0.25, -0.2) is 5.84 Å². The highest BCUT2D eigenvalue weighted by Crippen LogP contribution is 2.12. The summed E-state index contributed by atoms with van der Waals surface area (Å²) in [5, 5.41) is 8.60. The predicted octanol–water partition coefficient (Wildman–Crippen LogP) is -0.683. The Morgan fingerprint density at radius 1 is 1.19 bits per heavy atom. The Labute approximate surface area is 92.8 Å². The van der Waals surface area contributed by atoms with Crippen LogP contribution >= 0.6 is 0 Å². The largest absolute Gasteiger partial charge is 0.463 e. The van der Waals surface area contributed by atoms with Crippen LogP contribution in [-0.2, 0) is 0 Å². The van der Waals surface area contributed by atoms with E-state index in [9.17, 15) is 0 Å². The van der Waals surface area contributed by atoms with Gasteiger partial charge in [0.1, 0.15) is 6.61 Å². The third kappa shape index (κ3) is 3.83. The summed E-state index contributed by atoms with van der Waals surface area (Å²) in [4.78, 5) is 11.6. The lowest BCUT2D eigenvalue weighted by Crippen LogP contribution is -2.14. The van der Waals surface area contributed by atoms with E-state index in [-0.39, 0.29) is 31.2 Å². The van der Waals surface area contributed by atoms with Crippen molar-refractivity contribution in [2.24, 2.45) is 5.84 Å². The molecule has 0 saturated heterocycles. The minimum Gasteiger partial charge on any atom is -0.463 e. The second-order valence-electron chi connectivity index (χ2n) is 2.79. The first kappa shape index (κ1) is 12.4. The van der Waals surface area contributed by atoms with E-state index in [1.807, 2.05) is 6.92 Å². The highest BCUT2D eigenvalue weighted by Gasteiger charge is 2.07. The minimum absolute atomic E-state index is 0.0584. The van der Waals surface area contributed by atoms with E-state index in [1.165, 1.54) is 0 Å². The van der Waals surface area contributed by atoms with Gasteiger partial charge in [-0.15, -0.1) is 4.98 Å². The summed E-state index contributed by atoms with van der Waals surface area (Å²) >= 11 is 0. The van der Waals surface area contributed by atoms with E-state index in [0.717, 1.165) is 6.42 Å². The molecule has 8 heteroatoms. The Bertz CT molecular complexity index is 296. The molecule has 0 amide bonds. The van der Waals surface area contributed by atoms with Crippen molar-refractivity contribution in [2.45, 2.75) is 13.3 Å². The molecule has 0 saturated carbocycles. The molecule has 0 spiro atoms. The molecule has 4 N–H and O–H groups in total. The number of nitrogens with two attached hydrogens (primary N) is 1. The lowest BCUT2D eigenvalue weighted by Gasteiger charge is -2.07. The van der Waals surface area contributed by atoms with E-state index in [2.05, 4.69) is 20.4 Å². The van der Waals surface area contributed by atoms with Crippen LogP contribution in [0.15, 0.2) is 0 Å². The number of ether oxygens (including phenoxy) is 2. The average molecular weight is 229 g/mol. The zero-order chi connectivity index (χ0) is 11.8. The molecule has 1 heterocycles. The Balaban J connectivity index is 2.74. The quantitative estimate of drug-likeness (QED) is 0.416. The Morgan fingerprint density at radius 2 is 1.81 bits per heavy atom. The molecule has 1 aromatic rings. The molecular formula is C8H15N5O3. The third-order valence-corrected chi connectivity index (χ3v) is 1.48. The van der Waals surface area contributed by atoms with Crippen molar-refractivity contribution in [3.8, 4) is 12.0 Å².